The maximum atomic E-state index is 10.7. The van der Waals surface area contributed by atoms with Crippen LogP contribution in [0.4, 0.5) is 0 Å². The molecule has 0 bridgehead atoms. The molecular weight excluding hydrogens is 275 g/mol. The van der Waals surface area contributed by atoms with Crippen molar-refractivity contribution in [3.8, 4) is 0 Å². The lowest BCUT2D eigenvalue weighted by molar-refractivity contribution is 0.0682. The third-order valence-corrected chi connectivity index (χ3v) is 2.23. The van der Waals surface area contributed by atoms with E-state index in [-0.39, 0.29) is 11.0 Å². The van der Waals surface area contributed by atoms with E-state index in [1.54, 1.807) is 0 Å². The minimum absolute atomic E-state index is 0.159. The van der Waals surface area contributed by atoms with Crippen LogP contribution in [0.3, 0.4) is 0 Å². The van der Waals surface area contributed by atoms with E-state index in [9.17, 15) is 4.79 Å². The molecule has 2 aromatic rings. The minimum atomic E-state index is -1.17. The zero-order chi connectivity index (χ0) is 10.3. The summed E-state index contributed by atoms with van der Waals surface area (Å²) in [7, 11) is 0. The first-order valence-corrected chi connectivity index (χ1v) is 4.57. The second-order valence-electron chi connectivity index (χ2n) is 2.38. The first-order valence-electron chi connectivity index (χ1n) is 3.39. The summed E-state index contributed by atoms with van der Waals surface area (Å²) in [5.41, 5.74) is 0.312. The average Bonchev–Trinajstić information content (AvgIpc) is 2.47. The van der Waals surface area contributed by atoms with Crippen LogP contribution in [0.2, 0.25) is 5.15 Å². The number of rotatable bonds is 1. The van der Waals surface area contributed by atoms with E-state index in [1.165, 1.54) is 10.6 Å². The summed E-state index contributed by atoms with van der Waals surface area (Å²) in [6.07, 6.45) is 1.34. The SMILES string of the molecule is O=C(O)c1nnc2c(Br)nc(Cl)cn12. The molecular formula is C6H2BrClN4O2. The number of carboxylic acids is 1. The summed E-state index contributed by atoms with van der Waals surface area (Å²) in [6.45, 7) is 0. The van der Waals surface area contributed by atoms with Crippen LogP contribution in [-0.2, 0) is 0 Å². The highest BCUT2D eigenvalue weighted by Gasteiger charge is 2.15. The normalized spacial score (nSPS) is 10.7. The van der Waals surface area contributed by atoms with Crippen LogP contribution in [-0.4, -0.2) is 30.7 Å². The van der Waals surface area contributed by atoms with Crippen LogP contribution in [0, 0.1) is 0 Å². The van der Waals surface area contributed by atoms with Crippen LogP contribution in [0.15, 0.2) is 10.8 Å². The van der Waals surface area contributed by atoms with Crippen LogP contribution in [0.1, 0.15) is 10.6 Å². The molecule has 2 rings (SSSR count). The highest BCUT2D eigenvalue weighted by Crippen LogP contribution is 2.17. The zero-order valence-electron chi connectivity index (χ0n) is 6.48. The molecule has 14 heavy (non-hydrogen) atoms. The Kier molecular flexibility index (Phi) is 2.12. The van der Waals surface area contributed by atoms with Crippen molar-refractivity contribution in [3.05, 3.63) is 21.8 Å². The van der Waals surface area contributed by atoms with Gasteiger partial charge in [-0.05, 0) is 15.9 Å². The van der Waals surface area contributed by atoms with Crippen molar-refractivity contribution in [2.24, 2.45) is 0 Å². The molecule has 0 aliphatic rings. The standard InChI is InChI=1S/C6H2BrClN4O2/c7-3-4-10-11-5(6(13)14)12(4)1-2(8)9-3/h1H,(H,13,14). The molecule has 0 aromatic carbocycles. The quantitative estimate of drug-likeness (QED) is 0.848. The fourth-order valence-corrected chi connectivity index (χ4v) is 1.72. The van der Waals surface area contributed by atoms with Crippen LogP contribution in [0.25, 0.3) is 5.65 Å². The van der Waals surface area contributed by atoms with Crippen molar-refractivity contribution in [1.29, 1.82) is 0 Å². The van der Waals surface area contributed by atoms with Gasteiger partial charge in [0.15, 0.2) is 10.3 Å². The Hall–Kier alpha value is -1.21. The predicted molar refractivity (Wildman–Crippen MR) is 50.5 cm³/mol. The Bertz CT molecular complexity index is 526. The van der Waals surface area contributed by atoms with E-state index in [0.717, 1.165) is 0 Å². The van der Waals surface area contributed by atoms with Gasteiger partial charge < -0.3 is 5.11 Å². The molecule has 2 aromatic heterocycles. The fourth-order valence-electron chi connectivity index (χ4n) is 0.979. The summed E-state index contributed by atoms with van der Waals surface area (Å²) >= 11 is 8.75. The number of hydrogen-bond acceptors (Lipinski definition) is 4. The van der Waals surface area contributed by atoms with Gasteiger partial charge in [0.2, 0.25) is 5.82 Å². The highest BCUT2D eigenvalue weighted by molar-refractivity contribution is 9.10. The van der Waals surface area contributed by atoms with Crippen LogP contribution >= 0.6 is 27.5 Å². The average molecular weight is 277 g/mol. The molecule has 0 spiro atoms. The Morgan fingerprint density at radius 3 is 2.93 bits per heavy atom. The van der Waals surface area contributed by atoms with Gasteiger partial charge in [0.25, 0.3) is 0 Å². The van der Waals surface area contributed by atoms with E-state index in [4.69, 9.17) is 16.7 Å². The van der Waals surface area contributed by atoms with E-state index in [1.807, 2.05) is 0 Å². The van der Waals surface area contributed by atoms with Gasteiger partial charge in [0.1, 0.15) is 5.15 Å². The van der Waals surface area contributed by atoms with Crippen molar-refractivity contribution in [1.82, 2.24) is 19.6 Å². The summed E-state index contributed by atoms with van der Waals surface area (Å²) in [6, 6.07) is 0. The van der Waals surface area contributed by atoms with E-state index < -0.39 is 5.97 Å². The Labute approximate surface area is 90.7 Å². The topological polar surface area (TPSA) is 80.4 Å². The molecule has 0 saturated carbocycles. The first kappa shape index (κ1) is 9.35. The number of aromatic carboxylic acids is 1. The molecule has 0 fully saturated rings. The van der Waals surface area contributed by atoms with Gasteiger partial charge in [-0.25, -0.2) is 9.78 Å². The maximum absolute atomic E-state index is 10.7. The summed E-state index contributed by atoms with van der Waals surface area (Å²) in [5, 5.41) is 16.0. The minimum Gasteiger partial charge on any atom is -0.475 e. The number of hydrogen-bond donors (Lipinski definition) is 1. The third-order valence-electron chi connectivity index (χ3n) is 1.51. The van der Waals surface area contributed by atoms with Gasteiger partial charge in [0.05, 0.1) is 6.20 Å². The molecule has 0 aliphatic heterocycles. The second kappa shape index (κ2) is 3.18. The lowest BCUT2D eigenvalue weighted by atomic mass is 10.6. The summed E-state index contributed by atoms with van der Waals surface area (Å²) < 4.78 is 1.60. The molecule has 0 amide bonds. The van der Waals surface area contributed by atoms with Gasteiger partial charge in [-0.15, -0.1) is 10.2 Å². The molecule has 0 atom stereocenters. The number of aromatic nitrogens is 4. The van der Waals surface area contributed by atoms with Crippen molar-refractivity contribution in [3.63, 3.8) is 0 Å². The molecule has 0 radical (unpaired) electrons. The lowest BCUT2D eigenvalue weighted by Crippen LogP contribution is -2.03. The molecule has 72 valence electrons. The van der Waals surface area contributed by atoms with Crippen molar-refractivity contribution >= 4 is 39.1 Å². The molecule has 8 heteroatoms. The lowest BCUT2D eigenvalue weighted by Gasteiger charge is -1.96. The van der Waals surface area contributed by atoms with Gasteiger partial charge in [-0.2, -0.15) is 0 Å². The number of fused-ring (bicyclic) bond motifs is 1. The van der Waals surface area contributed by atoms with Gasteiger partial charge in [0, 0.05) is 0 Å². The fraction of sp³-hybridized carbons (Fsp3) is 0. The van der Waals surface area contributed by atoms with Crippen LogP contribution < -0.4 is 0 Å². The molecule has 2 heterocycles. The van der Waals surface area contributed by atoms with Crippen molar-refractivity contribution in [2.75, 3.05) is 0 Å². The van der Waals surface area contributed by atoms with Gasteiger partial charge >= 0.3 is 5.97 Å². The van der Waals surface area contributed by atoms with E-state index in [2.05, 4.69) is 31.1 Å². The number of nitrogens with zero attached hydrogens (tertiary/aromatic N) is 4. The summed E-state index contributed by atoms with van der Waals surface area (Å²) in [5.74, 6) is -1.38. The van der Waals surface area contributed by atoms with Gasteiger partial charge in [-0.1, -0.05) is 11.6 Å². The molecule has 0 saturated heterocycles. The number of carbonyl (C=O) groups is 1. The predicted octanol–water partition coefficient (Wildman–Crippen LogP) is 1.24. The van der Waals surface area contributed by atoms with Crippen LogP contribution in [0.5, 0.6) is 0 Å². The summed E-state index contributed by atoms with van der Waals surface area (Å²) in [4.78, 5) is 14.5. The molecule has 0 aliphatic carbocycles. The van der Waals surface area contributed by atoms with E-state index in [0.29, 0.717) is 10.3 Å². The monoisotopic (exact) mass is 276 g/mol. The smallest absolute Gasteiger partial charge is 0.374 e. The molecule has 1 N–H and O–H groups in total. The molecule has 6 nitrogen and oxygen atoms in total. The maximum Gasteiger partial charge on any atom is 0.374 e. The number of carboxylic acid groups (broad SMARTS) is 1. The van der Waals surface area contributed by atoms with E-state index >= 15 is 0 Å². The zero-order valence-corrected chi connectivity index (χ0v) is 8.82. The number of halogens is 2. The third kappa shape index (κ3) is 1.34. The van der Waals surface area contributed by atoms with Crippen molar-refractivity contribution < 1.29 is 9.90 Å². The highest BCUT2D eigenvalue weighted by atomic mass is 79.9. The first-order chi connectivity index (χ1) is 6.59. The second-order valence-corrected chi connectivity index (χ2v) is 3.52. The van der Waals surface area contributed by atoms with Gasteiger partial charge in [-0.3, -0.25) is 4.40 Å². The Morgan fingerprint density at radius 2 is 2.29 bits per heavy atom. The largest absolute Gasteiger partial charge is 0.475 e. The molecule has 0 unspecified atom stereocenters. The Morgan fingerprint density at radius 1 is 1.57 bits per heavy atom. The van der Waals surface area contributed by atoms with Crippen molar-refractivity contribution in [2.45, 2.75) is 0 Å². The Balaban J connectivity index is 2.85.